The van der Waals surface area contributed by atoms with Crippen molar-refractivity contribution in [3.63, 3.8) is 0 Å². The fourth-order valence-electron chi connectivity index (χ4n) is 10.00. The molecule has 0 saturated carbocycles. The molecule has 1 aromatic heterocycles. The first kappa shape index (κ1) is 86.0. The van der Waals surface area contributed by atoms with Crippen LogP contribution in [0.2, 0.25) is 0 Å². The van der Waals surface area contributed by atoms with Gasteiger partial charge in [0.05, 0.1) is 25.8 Å². The maximum absolute atomic E-state index is 14.5. The molecule has 37 heteroatoms. The first-order chi connectivity index (χ1) is 48.2. The van der Waals surface area contributed by atoms with Gasteiger partial charge in [-0.2, -0.15) is 0 Å². The summed E-state index contributed by atoms with van der Waals surface area (Å²) >= 11 is 0. The van der Waals surface area contributed by atoms with Gasteiger partial charge in [0.15, 0.2) is 0 Å². The van der Waals surface area contributed by atoms with Gasteiger partial charge in [-0.3, -0.25) is 71.9 Å². The fourth-order valence-corrected chi connectivity index (χ4v) is 10.00. The minimum absolute atomic E-state index is 0.0953. The van der Waals surface area contributed by atoms with Crippen LogP contribution in [-0.4, -0.2) is 232 Å². The number of aliphatic hydroxyl groups is 2. The van der Waals surface area contributed by atoms with Crippen molar-refractivity contribution in [2.24, 2.45) is 34.8 Å². The van der Waals surface area contributed by atoms with Crippen LogP contribution in [0.1, 0.15) is 98.1 Å². The number of H-pyrrole nitrogens is 1. The number of carbonyl (C=O) groups is 15. The van der Waals surface area contributed by atoms with Crippen LogP contribution in [0.4, 0.5) is 0 Å². The number of carboxylic acids is 2. The Bertz CT molecular complexity index is 3370. The van der Waals surface area contributed by atoms with E-state index in [9.17, 15) is 92.3 Å². The zero-order valence-corrected chi connectivity index (χ0v) is 58.1. The van der Waals surface area contributed by atoms with Gasteiger partial charge in [-0.15, -0.1) is 0 Å². The van der Waals surface area contributed by atoms with E-state index in [0.717, 1.165) is 0 Å². The average molecular weight is 1440 g/mol. The SMILES string of the molecule is CC[C@H](C)[C@@H](NC(=O)[C@@H](NC(=O)[C@H](CCC(=O)O)NC(=O)[C@H](Cc1ccccc1)NC(=O)[C@@H](CCN)NC(=O)[C@H](CCN)NC(=O)[C@H](CO)NC(=O)[C@@H](Cc1c[nH]c2ccccc12)NC(=O)[C@@H](CO)NC(=O)CNC(=O)[C@@H](CCN)NC(=O)[C@@H](C)NC(=O)[C@H](C)N)C(C)C)C(=O)N[C@@H](C)C(=O)O. The Morgan fingerprint density at radius 1 is 0.441 bits per heavy atom. The number of carbonyl (C=O) groups excluding carboxylic acids is 13. The number of hydrogen-bond donors (Lipinski definition) is 22. The molecular formula is C65H100N18O19. The van der Waals surface area contributed by atoms with Crippen LogP contribution in [0, 0.1) is 11.8 Å². The van der Waals surface area contributed by atoms with Crippen molar-refractivity contribution in [1.82, 2.24) is 74.1 Å². The molecule has 3 aromatic rings. The lowest BCUT2D eigenvalue weighted by Gasteiger charge is -2.30. The van der Waals surface area contributed by atoms with E-state index in [4.69, 9.17) is 22.9 Å². The van der Waals surface area contributed by atoms with E-state index in [1.807, 2.05) is 0 Å². The first-order valence-electron chi connectivity index (χ1n) is 33.3. The van der Waals surface area contributed by atoms with Crippen molar-refractivity contribution in [2.75, 3.05) is 39.4 Å². The summed E-state index contributed by atoms with van der Waals surface area (Å²) in [6, 6.07) is -4.08. The fraction of sp³-hybridized carbons (Fsp3) is 0.554. The van der Waals surface area contributed by atoms with E-state index in [-0.39, 0.29) is 51.7 Å². The van der Waals surface area contributed by atoms with Crippen LogP contribution in [-0.2, 0) is 84.8 Å². The van der Waals surface area contributed by atoms with Crippen molar-refractivity contribution >= 4 is 99.6 Å². The number of rotatable bonds is 45. The quantitative estimate of drug-likeness (QED) is 0.0250. The summed E-state index contributed by atoms with van der Waals surface area (Å²) in [4.78, 5) is 204. The lowest BCUT2D eigenvalue weighted by molar-refractivity contribution is -0.142. The van der Waals surface area contributed by atoms with E-state index >= 15 is 0 Å². The predicted molar refractivity (Wildman–Crippen MR) is 367 cm³/mol. The predicted octanol–water partition coefficient (Wildman–Crippen LogP) is -7.04. The topological polar surface area (TPSA) is 613 Å². The zero-order valence-electron chi connectivity index (χ0n) is 58.1. The van der Waals surface area contributed by atoms with Gasteiger partial charge in [-0.05, 0) is 95.1 Å². The van der Waals surface area contributed by atoms with Crippen LogP contribution in [0.25, 0.3) is 10.9 Å². The van der Waals surface area contributed by atoms with Crippen LogP contribution in [0.15, 0.2) is 60.8 Å². The molecule has 2 aromatic carbocycles. The Balaban J connectivity index is 1.87. The Hall–Kier alpha value is -10.2. The van der Waals surface area contributed by atoms with Gasteiger partial charge < -0.3 is 117 Å². The van der Waals surface area contributed by atoms with E-state index in [1.165, 1.54) is 27.0 Å². The number of aliphatic carboxylic acids is 2. The van der Waals surface area contributed by atoms with Crippen molar-refractivity contribution in [3.8, 4) is 0 Å². The molecule has 564 valence electrons. The molecule has 37 nitrogen and oxygen atoms in total. The highest BCUT2D eigenvalue weighted by atomic mass is 16.4. The second-order valence-corrected chi connectivity index (χ2v) is 24.7. The molecule has 0 aliphatic rings. The molecule has 0 fully saturated rings. The summed E-state index contributed by atoms with van der Waals surface area (Å²) in [6.07, 6.45) is -0.632. The summed E-state index contributed by atoms with van der Waals surface area (Å²) in [5.41, 5.74) is 24.6. The Morgan fingerprint density at radius 3 is 1.36 bits per heavy atom. The van der Waals surface area contributed by atoms with Gasteiger partial charge in [0.25, 0.3) is 0 Å². The highest BCUT2D eigenvalue weighted by molar-refractivity contribution is 6.00. The maximum atomic E-state index is 14.5. The number of aromatic nitrogens is 1. The number of nitrogens with one attached hydrogen (secondary N) is 14. The number of nitrogens with two attached hydrogens (primary N) is 4. The van der Waals surface area contributed by atoms with Crippen LogP contribution in [0.5, 0.6) is 0 Å². The summed E-state index contributed by atoms with van der Waals surface area (Å²) in [5.74, 6) is -16.5. The maximum Gasteiger partial charge on any atom is 0.325 e. The molecule has 102 heavy (non-hydrogen) atoms. The molecule has 0 bridgehead atoms. The van der Waals surface area contributed by atoms with Gasteiger partial charge in [-0.25, -0.2) is 0 Å². The minimum Gasteiger partial charge on any atom is -0.481 e. The van der Waals surface area contributed by atoms with Crippen LogP contribution >= 0.6 is 0 Å². The van der Waals surface area contributed by atoms with E-state index < -0.39 is 212 Å². The first-order valence-corrected chi connectivity index (χ1v) is 33.3. The van der Waals surface area contributed by atoms with Gasteiger partial charge in [0.1, 0.15) is 72.5 Å². The third-order valence-corrected chi connectivity index (χ3v) is 16.2. The number of carboxylic acid groups (broad SMARTS) is 2. The molecule has 0 saturated heterocycles. The second-order valence-electron chi connectivity index (χ2n) is 24.7. The molecule has 0 unspecified atom stereocenters. The smallest absolute Gasteiger partial charge is 0.325 e. The van der Waals surface area contributed by atoms with Gasteiger partial charge in [0, 0.05) is 36.4 Å². The van der Waals surface area contributed by atoms with Crippen molar-refractivity contribution < 1.29 is 92.3 Å². The number of fused-ring (bicyclic) bond motifs is 1. The van der Waals surface area contributed by atoms with Crippen LogP contribution < -0.4 is 92.1 Å². The van der Waals surface area contributed by atoms with Crippen LogP contribution in [0.3, 0.4) is 0 Å². The molecule has 0 aliphatic heterocycles. The minimum atomic E-state index is -1.87. The summed E-state index contributed by atoms with van der Waals surface area (Å²) < 4.78 is 0. The molecule has 0 aliphatic carbocycles. The Morgan fingerprint density at radius 2 is 0.863 bits per heavy atom. The number of aliphatic hydroxyl groups excluding tert-OH is 2. The molecule has 3 rings (SSSR count). The second kappa shape index (κ2) is 43.5. The highest BCUT2D eigenvalue weighted by Crippen LogP contribution is 2.20. The van der Waals surface area contributed by atoms with Crippen molar-refractivity contribution in [1.29, 1.82) is 0 Å². The van der Waals surface area contributed by atoms with Gasteiger partial charge in [-0.1, -0.05) is 82.6 Å². The molecule has 0 radical (unpaired) electrons. The molecule has 1 heterocycles. The molecule has 13 amide bonds. The summed E-state index contributed by atoms with van der Waals surface area (Å²) in [6.45, 7) is 6.85. The number of benzene rings is 2. The number of hydrogen-bond acceptors (Lipinski definition) is 21. The summed E-state index contributed by atoms with van der Waals surface area (Å²) in [5, 5.41) is 72.1. The Labute approximate surface area is 588 Å². The number of amides is 13. The lowest BCUT2D eigenvalue weighted by atomic mass is 9.96. The third-order valence-electron chi connectivity index (χ3n) is 16.2. The average Bonchev–Trinajstić information content (AvgIpc) is 1.65. The molecular weight excluding hydrogens is 1340 g/mol. The third kappa shape index (κ3) is 28.1. The standard InChI is InChI=1S/C65H100N18O19/c1-8-33(4)52(64(100)73-36(7)65(101)102)83-63(99)51(32(2)3)82-58(94)41(18-19-50(87)88)76-59(95)45(26-37-14-10-9-11-15-37)79-57(93)44(22-25-68)77-56(92)43(21-24-67)78-62(98)48(31-85)81-60(96)46(27-38-28-70-40-17-13-12-16-39(38)40)80-61(97)47(30-84)74-49(86)29-71-55(91)42(20-23-66)75-54(90)35(6)72-53(89)34(5)69/h9-17,28,32-36,41-48,51-52,70,84-85H,8,18-27,29-31,66-69H2,1-7H3,(H,71,91)(H,72,89)(H,73,100)(H,74,86)(H,75,90)(H,76,95)(H,77,92)(H,78,98)(H,79,93)(H,80,97)(H,81,96)(H,82,94)(H,83,99)(H,87,88)(H,101,102)/t33-,34-,35+,36-,41-,42+,43-,44+,45-,46+,47+,48-,51-,52+/m0/s1. The van der Waals surface area contributed by atoms with E-state index in [2.05, 4.69) is 74.1 Å². The molecule has 14 atom stereocenters. The highest BCUT2D eigenvalue weighted by Gasteiger charge is 2.38. The molecule has 0 spiro atoms. The van der Waals surface area contributed by atoms with Gasteiger partial charge >= 0.3 is 11.9 Å². The van der Waals surface area contributed by atoms with E-state index in [0.29, 0.717) is 28.5 Å². The number of aromatic amines is 1. The normalized spacial score (nSPS) is 15.3. The number of para-hydroxylation sites is 1. The Kier molecular flexibility index (Phi) is 36.6. The largest absolute Gasteiger partial charge is 0.481 e. The monoisotopic (exact) mass is 1440 g/mol. The van der Waals surface area contributed by atoms with Crippen molar-refractivity contribution in [3.05, 3.63) is 71.9 Å². The zero-order chi connectivity index (χ0) is 76.5. The van der Waals surface area contributed by atoms with Gasteiger partial charge in [0.2, 0.25) is 76.8 Å². The van der Waals surface area contributed by atoms with E-state index in [1.54, 1.807) is 82.3 Å². The molecule has 26 N–H and O–H groups in total. The lowest BCUT2D eigenvalue weighted by Crippen LogP contribution is -2.62. The summed E-state index contributed by atoms with van der Waals surface area (Å²) in [7, 11) is 0. The van der Waals surface area contributed by atoms with Crippen molar-refractivity contribution in [2.45, 2.75) is 178 Å².